The second-order valence-corrected chi connectivity index (χ2v) is 4.32. The lowest BCUT2D eigenvalue weighted by Crippen LogP contribution is -2.46. The second kappa shape index (κ2) is 3.29. The first-order chi connectivity index (χ1) is 5.47. The lowest BCUT2D eigenvalue weighted by molar-refractivity contribution is -0.132. The summed E-state index contributed by atoms with van der Waals surface area (Å²) in [6.07, 6.45) is 0.836. The minimum absolute atomic E-state index is 0.127. The van der Waals surface area contributed by atoms with E-state index in [1.54, 1.807) is 0 Å². The number of ether oxygens (including phenoxy) is 1. The molecule has 1 aliphatic heterocycles. The van der Waals surface area contributed by atoms with Crippen molar-refractivity contribution in [1.29, 1.82) is 0 Å². The highest BCUT2D eigenvalue weighted by molar-refractivity contribution is 7.84. The standard InChI is InChI=1S/C6H13NO4S/c1-2-6(3-10-4-6)5-11-12(7,8)9/h2-5H2,1H3,(H2,7,8,9). The van der Waals surface area contributed by atoms with Crippen molar-refractivity contribution in [3.63, 3.8) is 0 Å². The highest BCUT2D eigenvalue weighted by atomic mass is 32.2. The van der Waals surface area contributed by atoms with Gasteiger partial charge in [-0.25, -0.2) is 5.14 Å². The fourth-order valence-corrected chi connectivity index (χ4v) is 1.40. The number of rotatable bonds is 4. The molecule has 0 amide bonds. The third kappa shape index (κ3) is 2.41. The van der Waals surface area contributed by atoms with Gasteiger partial charge in [-0.05, 0) is 6.42 Å². The smallest absolute Gasteiger partial charge is 0.333 e. The topological polar surface area (TPSA) is 78.6 Å². The first-order valence-electron chi connectivity index (χ1n) is 3.72. The monoisotopic (exact) mass is 195 g/mol. The molecular formula is C6H13NO4S. The zero-order valence-corrected chi connectivity index (χ0v) is 7.76. The lowest BCUT2D eigenvalue weighted by Gasteiger charge is -2.39. The summed E-state index contributed by atoms with van der Waals surface area (Å²) in [6.45, 7) is 3.20. The molecule has 6 heteroatoms. The molecule has 0 radical (unpaired) electrons. The molecule has 0 atom stereocenters. The van der Waals surface area contributed by atoms with Gasteiger partial charge in [0.05, 0.1) is 19.8 Å². The SMILES string of the molecule is CCC1(COS(N)(=O)=O)COC1. The molecule has 0 aliphatic carbocycles. The summed E-state index contributed by atoms with van der Waals surface area (Å²) in [6, 6.07) is 0. The van der Waals surface area contributed by atoms with Crippen molar-refractivity contribution in [1.82, 2.24) is 0 Å². The summed E-state index contributed by atoms with van der Waals surface area (Å²) < 4.78 is 30.4. The summed E-state index contributed by atoms with van der Waals surface area (Å²) in [4.78, 5) is 0. The Morgan fingerprint density at radius 3 is 2.42 bits per heavy atom. The number of hydrogen-bond acceptors (Lipinski definition) is 4. The minimum atomic E-state index is -3.80. The number of nitrogens with two attached hydrogens (primary N) is 1. The van der Waals surface area contributed by atoms with Crippen molar-refractivity contribution in [3.8, 4) is 0 Å². The van der Waals surface area contributed by atoms with Crippen LogP contribution in [0.2, 0.25) is 0 Å². The maximum absolute atomic E-state index is 10.4. The quantitative estimate of drug-likeness (QED) is 0.664. The predicted octanol–water partition coefficient (Wildman–Crippen LogP) is -0.367. The molecule has 0 spiro atoms. The number of hydrogen-bond donors (Lipinski definition) is 1. The van der Waals surface area contributed by atoms with E-state index in [0.717, 1.165) is 6.42 Å². The molecule has 0 unspecified atom stereocenters. The lowest BCUT2D eigenvalue weighted by atomic mass is 9.84. The molecule has 1 saturated heterocycles. The Bertz CT molecular complexity index is 239. The van der Waals surface area contributed by atoms with E-state index in [1.165, 1.54) is 0 Å². The maximum atomic E-state index is 10.4. The molecule has 1 rings (SSSR count). The molecule has 1 fully saturated rings. The summed E-state index contributed by atoms with van der Waals surface area (Å²) in [5, 5.41) is 4.69. The van der Waals surface area contributed by atoms with E-state index in [-0.39, 0.29) is 12.0 Å². The van der Waals surface area contributed by atoms with Crippen molar-refractivity contribution in [2.75, 3.05) is 19.8 Å². The van der Waals surface area contributed by atoms with Gasteiger partial charge in [0.15, 0.2) is 0 Å². The van der Waals surface area contributed by atoms with Gasteiger partial charge in [0.25, 0.3) is 0 Å². The average Bonchev–Trinajstić information content (AvgIpc) is 1.84. The van der Waals surface area contributed by atoms with Crippen molar-refractivity contribution >= 4 is 10.3 Å². The average molecular weight is 195 g/mol. The van der Waals surface area contributed by atoms with Crippen LogP contribution < -0.4 is 5.14 Å². The van der Waals surface area contributed by atoms with Gasteiger partial charge in [0.2, 0.25) is 0 Å². The normalized spacial score (nSPS) is 21.8. The van der Waals surface area contributed by atoms with Crippen molar-refractivity contribution in [2.24, 2.45) is 10.6 Å². The molecule has 0 aromatic rings. The zero-order chi connectivity index (χ0) is 9.24. The van der Waals surface area contributed by atoms with E-state index in [2.05, 4.69) is 9.32 Å². The Labute approximate surface area is 72.1 Å². The van der Waals surface area contributed by atoms with E-state index in [4.69, 9.17) is 4.74 Å². The van der Waals surface area contributed by atoms with E-state index in [0.29, 0.717) is 13.2 Å². The summed E-state index contributed by atoms with van der Waals surface area (Å²) in [7, 11) is -3.80. The van der Waals surface area contributed by atoms with Crippen LogP contribution in [0.1, 0.15) is 13.3 Å². The molecule has 0 aromatic heterocycles. The molecular weight excluding hydrogens is 182 g/mol. The third-order valence-corrected chi connectivity index (χ3v) is 2.54. The Morgan fingerprint density at radius 1 is 1.58 bits per heavy atom. The van der Waals surface area contributed by atoms with Crippen molar-refractivity contribution in [3.05, 3.63) is 0 Å². The van der Waals surface area contributed by atoms with Crippen molar-refractivity contribution in [2.45, 2.75) is 13.3 Å². The van der Waals surface area contributed by atoms with Crippen LogP contribution in [0.15, 0.2) is 0 Å². The van der Waals surface area contributed by atoms with Gasteiger partial charge in [-0.15, -0.1) is 0 Å². The molecule has 12 heavy (non-hydrogen) atoms. The summed E-state index contributed by atoms with van der Waals surface area (Å²) >= 11 is 0. The Morgan fingerprint density at radius 2 is 2.17 bits per heavy atom. The predicted molar refractivity (Wildman–Crippen MR) is 42.6 cm³/mol. The third-order valence-electron chi connectivity index (χ3n) is 2.10. The van der Waals surface area contributed by atoms with Gasteiger partial charge in [0.1, 0.15) is 0 Å². The van der Waals surface area contributed by atoms with Gasteiger partial charge in [-0.1, -0.05) is 6.92 Å². The van der Waals surface area contributed by atoms with E-state index < -0.39 is 10.3 Å². The molecule has 72 valence electrons. The zero-order valence-electron chi connectivity index (χ0n) is 6.95. The molecule has 0 aromatic carbocycles. The largest absolute Gasteiger partial charge is 0.380 e. The fourth-order valence-electron chi connectivity index (χ4n) is 0.987. The van der Waals surface area contributed by atoms with Gasteiger partial charge in [0, 0.05) is 5.41 Å². The van der Waals surface area contributed by atoms with E-state index in [1.807, 2.05) is 6.92 Å². The molecule has 5 nitrogen and oxygen atoms in total. The van der Waals surface area contributed by atoms with Gasteiger partial charge in [-0.3, -0.25) is 4.18 Å². The second-order valence-electron chi connectivity index (χ2n) is 3.10. The highest BCUT2D eigenvalue weighted by Gasteiger charge is 2.38. The summed E-state index contributed by atoms with van der Waals surface area (Å²) in [5.74, 6) is 0. The Balaban J connectivity index is 2.40. The minimum Gasteiger partial charge on any atom is -0.380 e. The molecule has 0 saturated carbocycles. The van der Waals surface area contributed by atoms with Crippen LogP contribution in [0.25, 0.3) is 0 Å². The molecule has 1 heterocycles. The highest BCUT2D eigenvalue weighted by Crippen LogP contribution is 2.31. The van der Waals surface area contributed by atoms with Gasteiger partial charge < -0.3 is 4.74 Å². The Hall–Kier alpha value is -0.170. The van der Waals surface area contributed by atoms with Crippen LogP contribution in [0, 0.1) is 5.41 Å². The molecule has 2 N–H and O–H groups in total. The van der Waals surface area contributed by atoms with E-state index in [9.17, 15) is 8.42 Å². The summed E-state index contributed by atoms with van der Waals surface area (Å²) in [5.41, 5.74) is -0.133. The van der Waals surface area contributed by atoms with Crippen LogP contribution in [0.5, 0.6) is 0 Å². The molecule has 0 bridgehead atoms. The molecule has 1 aliphatic rings. The first kappa shape index (κ1) is 9.91. The maximum Gasteiger partial charge on any atom is 0.333 e. The van der Waals surface area contributed by atoms with Crippen LogP contribution in [-0.4, -0.2) is 28.2 Å². The van der Waals surface area contributed by atoms with Crippen LogP contribution in [-0.2, 0) is 19.2 Å². The fraction of sp³-hybridized carbons (Fsp3) is 1.00. The van der Waals surface area contributed by atoms with Gasteiger partial charge >= 0.3 is 10.3 Å². The first-order valence-corrected chi connectivity index (χ1v) is 5.19. The van der Waals surface area contributed by atoms with E-state index >= 15 is 0 Å². The Kier molecular flexibility index (Phi) is 2.72. The van der Waals surface area contributed by atoms with Gasteiger partial charge in [-0.2, -0.15) is 8.42 Å². The van der Waals surface area contributed by atoms with Crippen LogP contribution >= 0.6 is 0 Å². The van der Waals surface area contributed by atoms with Crippen LogP contribution in [0.3, 0.4) is 0 Å². The van der Waals surface area contributed by atoms with Crippen LogP contribution in [0.4, 0.5) is 0 Å². The van der Waals surface area contributed by atoms with Crippen molar-refractivity contribution < 1.29 is 17.3 Å².